The van der Waals surface area contributed by atoms with Gasteiger partial charge in [-0.15, -0.1) is 0 Å². The molecule has 0 saturated carbocycles. The van der Waals surface area contributed by atoms with Crippen LogP contribution in [0.5, 0.6) is 5.75 Å². The number of methoxy groups -OCH3 is 1. The maximum atomic E-state index is 12.5. The average molecular weight is 306 g/mol. The molecule has 1 aliphatic rings. The molecule has 5 heteroatoms. The highest BCUT2D eigenvalue weighted by Crippen LogP contribution is 2.26. The number of ether oxygens (including phenoxy) is 2. The Hall–Kier alpha value is -1.59. The van der Waals surface area contributed by atoms with E-state index in [1.807, 2.05) is 18.2 Å². The molecule has 122 valence electrons. The highest BCUT2D eigenvalue weighted by Gasteiger charge is 2.19. The van der Waals surface area contributed by atoms with Crippen LogP contribution < -0.4 is 9.64 Å². The number of hydrogen-bond acceptors (Lipinski definition) is 5. The number of rotatable bonds is 7. The number of morpholine rings is 1. The summed E-state index contributed by atoms with van der Waals surface area (Å²) in [7, 11) is 1.62. The van der Waals surface area contributed by atoms with Gasteiger partial charge in [-0.05, 0) is 26.0 Å². The number of nitrogens with zero attached hydrogens (tertiary/aromatic N) is 2. The van der Waals surface area contributed by atoms with Crippen LogP contribution in [0.2, 0.25) is 0 Å². The van der Waals surface area contributed by atoms with Crippen LogP contribution in [0.3, 0.4) is 0 Å². The SMILES string of the molecule is CCN(CC)c1ccc(C(=O)CN2CCOCC2)c(OC)c1. The summed E-state index contributed by atoms with van der Waals surface area (Å²) < 4.78 is 10.8. The molecule has 0 amide bonds. The third-order valence-corrected chi connectivity index (χ3v) is 4.09. The molecular formula is C17H26N2O3. The van der Waals surface area contributed by atoms with Crippen molar-refractivity contribution in [1.82, 2.24) is 4.90 Å². The van der Waals surface area contributed by atoms with Crippen LogP contribution in [0, 0.1) is 0 Å². The van der Waals surface area contributed by atoms with Crippen molar-refractivity contribution in [3.63, 3.8) is 0 Å². The summed E-state index contributed by atoms with van der Waals surface area (Å²) in [5.41, 5.74) is 1.75. The van der Waals surface area contributed by atoms with E-state index in [1.54, 1.807) is 7.11 Å². The molecule has 1 fully saturated rings. The standard InChI is InChI=1S/C17H26N2O3/c1-4-19(5-2)14-6-7-15(17(12-14)21-3)16(20)13-18-8-10-22-11-9-18/h6-7,12H,4-5,8-11,13H2,1-3H3. The van der Waals surface area contributed by atoms with Gasteiger partial charge in [0.25, 0.3) is 0 Å². The lowest BCUT2D eigenvalue weighted by Crippen LogP contribution is -2.39. The minimum Gasteiger partial charge on any atom is -0.496 e. The van der Waals surface area contributed by atoms with Gasteiger partial charge in [0.2, 0.25) is 0 Å². The normalized spacial score (nSPS) is 15.6. The molecule has 0 aromatic heterocycles. The van der Waals surface area contributed by atoms with E-state index in [0.29, 0.717) is 31.1 Å². The fourth-order valence-corrected chi connectivity index (χ4v) is 2.74. The van der Waals surface area contributed by atoms with Crippen LogP contribution in [0.4, 0.5) is 5.69 Å². The lowest BCUT2D eigenvalue weighted by molar-refractivity contribution is 0.0370. The van der Waals surface area contributed by atoms with E-state index >= 15 is 0 Å². The lowest BCUT2D eigenvalue weighted by Gasteiger charge is -2.26. The predicted octanol–water partition coefficient (Wildman–Crippen LogP) is 2.06. The molecule has 1 heterocycles. The van der Waals surface area contributed by atoms with Crippen LogP contribution in [0.15, 0.2) is 18.2 Å². The third kappa shape index (κ3) is 3.99. The summed E-state index contributed by atoms with van der Waals surface area (Å²) >= 11 is 0. The fraction of sp³-hybridized carbons (Fsp3) is 0.588. The van der Waals surface area contributed by atoms with Crippen molar-refractivity contribution in [3.8, 4) is 5.75 Å². The van der Waals surface area contributed by atoms with Gasteiger partial charge in [0.1, 0.15) is 5.75 Å². The van der Waals surface area contributed by atoms with Gasteiger partial charge in [-0.3, -0.25) is 9.69 Å². The van der Waals surface area contributed by atoms with Crippen molar-refractivity contribution in [2.75, 3.05) is 57.9 Å². The van der Waals surface area contributed by atoms with Gasteiger partial charge in [0.15, 0.2) is 5.78 Å². The van der Waals surface area contributed by atoms with Crippen molar-refractivity contribution < 1.29 is 14.3 Å². The van der Waals surface area contributed by atoms with Crippen LogP contribution in [-0.2, 0) is 4.74 Å². The smallest absolute Gasteiger partial charge is 0.180 e. The Kier molecular flexibility index (Phi) is 6.21. The maximum Gasteiger partial charge on any atom is 0.180 e. The Morgan fingerprint density at radius 1 is 1.27 bits per heavy atom. The highest BCUT2D eigenvalue weighted by molar-refractivity contribution is 6.00. The average Bonchev–Trinajstić information content (AvgIpc) is 2.56. The first-order valence-corrected chi connectivity index (χ1v) is 7.95. The number of anilines is 1. The van der Waals surface area contributed by atoms with Crippen LogP contribution in [0.25, 0.3) is 0 Å². The summed E-state index contributed by atoms with van der Waals surface area (Å²) in [5, 5.41) is 0. The number of hydrogen-bond donors (Lipinski definition) is 0. The molecule has 1 aromatic carbocycles. The van der Waals surface area contributed by atoms with E-state index < -0.39 is 0 Å². The molecule has 22 heavy (non-hydrogen) atoms. The number of ketones is 1. The van der Waals surface area contributed by atoms with Crippen molar-refractivity contribution >= 4 is 11.5 Å². The molecule has 0 aliphatic carbocycles. The molecule has 0 radical (unpaired) electrons. The van der Waals surface area contributed by atoms with E-state index in [4.69, 9.17) is 9.47 Å². The fourth-order valence-electron chi connectivity index (χ4n) is 2.74. The molecule has 0 spiro atoms. The Morgan fingerprint density at radius 3 is 2.55 bits per heavy atom. The lowest BCUT2D eigenvalue weighted by atomic mass is 10.1. The number of Topliss-reactive ketones (excluding diaryl/α,β-unsaturated/α-hetero) is 1. The van der Waals surface area contributed by atoms with Gasteiger partial charge in [-0.2, -0.15) is 0 Å². The first-order chi connectivity index (χ1) is 10.7. The Morgan fingerprint density at radius 2 is 1.95 bits per heavy atom. The minimum absolute atomic E-state index is 0.102. The molecule has 1 aliphatic heterocycles. The van der Waals surface area contributed by atoms with Crippen molar-refractivity contribution in [3.05, 3.63) is 23.8 Å². The molecule has 0 unspecified atom stereocenters. The van der Waals surface area contributed by atoms with Crippen molar-refractivity contribution in [2.24, 2.45) is 0 Å². The number of carbonyl (C=O) groups excluding carboxylic acids is 1. The van der Waals surface area contributed by atoms with E-state index in [9.17, 15) is 4.79 Å². The quantitative estimate of drug-likeness (QED) is 0.721. The minimum atomic E-state index is 0.102. The summed E-state index contributed by atoms with van der Waals surface area (Å²) in [6.45, 7) is 9.54. The van der Waals surface area contributed by atoms with Crippen molar-refractivity contribution in [1.29, 1.82) is 0 Å². The second-order valence-electron chi connectivity index (χ2n) is 5.37. The van der Waals surface area contributed by atoms with Gasteiger partial charge in [0.05, 0.1) is 32.4 Å². The zero-order valence-corrected chi connectivity index (χ0v) is 13.8. The molecule has 2 rings (SSSR count). The van der Waals surface area contributed by atoms with Gasteiger partial charge in [-0.1, -0.05) is 0 Å². The first-order valence-electron chi connectivity index (χ1n) is 7.95. The second kappa shape index (κ2) is 8.15. The van der Waals surface area contributed by atoms with Crippen LogP contribution in [-0.4, -0.2) is 63.7 Å². The first kappa shape index (κ1) is 16.8. The summed E-state index contributed by atoms with van der Waals surface area (Å²) in [6.07, 6.45) is 0. The van der Waals surface area contributed by atoms with Crippen LogP contribution >= 0.6 is 0 Å². The van der Waals surface area contributed by atoms with Gasteiger partial charge in [0, 0.05) is 37.9 Å². The number of carbonyl (C=O) groups is 1. The molecule has 5 nitrogen and oxygen atoms in total. The Balaban J connectivity index is 2.13. The molecular weight excluding hydrogens is 280 g/mol. The van der Waals surface area contributed by atoms with E-state index in [2.05, 4.69) is 23.6 Å². The molecule has 1 saturated heterocycles. The van der Waals surface area contributed by atoms with Crippen molar-refractivity contribution in [2.45, 2.75) is 13.8 Å². The topological polar surface area (TPSA) is 42.0 Å². The monoisotopic (exact) mass is 306 g/mol. The van der Waals surface area contributed by atoms with E-state index in [-0.39, 0.29) is 5.78 Å². The van der Waals surface area contributed by atoms with Crippen LogP contribution in [0.1, 0.15) is 24.2 Å². The second-order valence-corrected chi connectivity index (χ2v) is 5.37. The molecule has 0 atom stereocenters. The Labute approximate surface area is 132 Å². The molecule has 1 aromatic rings. The maximum absolute atomic E-state index is 12.5. The van der Waals surface area contributed by atoms with Gasteiger partial charge < -0.3 is 14.4 Å². The predicted molar refractivity (Wildman–Crippen MR) is 88.1 cm³/mol. The largest absolute Gasteiger partial charge is 0.496 e. The zero-order valence-electron chi connectivity index (χ0n) is 13.8. The molecule has 0 bridgehead atoms. The zero-order chi connectivity index (χ0) is 15.9. The summed E-state index contributed by atoms with van der Waals surface area (Å²) in [5.74, 6) is 0.757. The number of benzene rings is 1. The summed E-state index contributed by atoms with van der Waals surface area (Å²) in [6, 6.07) is 5.84. The molecule has 0 N–H and O–H groups in total. The van der Waals surface area contributed by atoms with Gasteiger partial charge >= 0.3 is 0 Å². The van der Waals surface area contributed by atoms with Gasteiger partial charge in [-0.25, -0.2) is 0 Å². The highest BCUT2D eigenvalue weighted by atomic mass is 16.5. The third-order valence-electron chi connectivity index (χ3n) is 4.09. The Bertz CT molecular complexity index is 495. The summed E-state index contributed by atoms with van der Waals surface area (Å²) in [4.78, 5) is 16.9. The van der Waals surface area contributed by atoms with E-state index in [1.165, 1.54) is 0 Å². The van der Waals surface area contributed by atoms with E-state index in [0.717, 1.165) is 31.9 Å².